The molecule has 1 aromatic carbocycles. The predicted octanol–water partition coefficient (Wildman–Crippen LogP) is 2.71. The number of hydrogen-bond acceptors (Lipinski definition) is 4. The molecule has 4 heteroatoms. The molecule has 1 unspecified atom stereocenters. The number of Topliss-reactive ketones (excluding diaryl/α,β-unsaturated/α-hetero) is 1. The number of ketones is 1. The lowest BCUT2D eigenvalue weighted by Crippen LogP contribution is -2.27. The van der Waals surface area contributed by atoms with Gasteiger partial charge in [0.15, 0.2) is 5.78 Å². The summed E-state index contributed by atoms with van der Waals surface area (Å²) in [5.41, 5.74) is 0.606. The Balaban J connectivity index is 2.11. The molecular formula is C16H22O4. The molecular weight excluding hydrogens is 256 g/mol. The Bertz CT molecular complexity index is 440. The molecule has 0 spiro atoms. The molecule has 4 nitrogen and oxygen atoms in total. The molecule has 1 aliphatic rings. The monoisotopic (exact) mass is 278 g/mol. The quantitative estimate of drug-likeness (QED) is 0.514. The third kappa shape index (κ3) is 3.81. The van der Waals surface area contributed by atoms with E-state index in [1.165, 1.54) is 0 Å². The van der Waals surface area contributed by atoms with Crippen LogP contribution in [0, 0.1) is 5.92 Å². The van der Waals surface area contributed by atoms with Crippen LogP contribution in [0.15, 0.2) is 24.3 Å². The molecule has 0 aromatic heterocycles. The number of benzene rings is 1. The molecule has 2 rings (SSSR count). The lowest BCUT2D eigenvalue weighted by molar-refractivity contribution is 0.0370. The zero-order chi connectivity index (χ0) is 14.4. The van der Waals surface area contributed by atoms with Crippen LogP contribution < -0.4 is 4.74 Å². The van der Waals surface area contributed by atoms with Crippen LogP contribution in [0.5, 0.6) is 5.75 Å². The van der Waals surface area contributed by atoms with E-state index in [0.717, 1.165) is 12.8 Å². The van der Waals surface area contributed by atoms with Crippen molar-refractivity contribution in [2.24, 2.45) is 5.92 Å². The van der Waals surface area contributed by atoms with Gasteiger partial charge in [-0.25, -0.2) is 0 Å². The van der Waals surface area contributed by atoms with Gasteiger partial charge in [0.25, 0.3) is 0 Å². The summed E-state index contributed by atoms with van der Waals surface area (Å²) in [5, 5.41) is 0. The second-order valence-corrected chi connectivity index (χ2v) is 4.92. The Morgan fingerprint density at radius 3 is 2.70 bits per heavy atom. The summed E-state index contributed by atoms with van der Waals surface area (Å²) in [4.78, 5) is 12.6. The minimum Gasteiger partial charge on any atom is -0.490 e. The van der Waals surface area contributed by atoms with Gasteiger partial charge in [0.05, 0.1) is 12.2 Å². The number of methoxy groups -OCH3 is 1. The minimum absolute atomic E-state index is 0.0300. The van der Waals surface area contributed by atoms with Gasteiger partial charge in [-0.15, -0.1) is 0 Å². The Hall–Kier alpha value is -1.39. The van der Waals surface area contributed by atoms with Gasteiger partial charge in [0.2, 0.25) is 0 Å². The third-order valence-corrected chi connectivity index (χ3v) is 3.35. The Morgan fingerprint density at radius 1 is 1.30 bits per heavy atom. The molecule has 1 fully saturated rings. The fourth-order valence-electron chi connectivity index (χ4n) is 2.19. The van der Waals surface area contributed by atoms with Crippen molar-refractivity contribution < 1.29 is 19.0 Å². The highest BCUT2D eigenvalue weighted by Gasteiger charge is 2.38. The molecule has 110 valence electrons. The van der Waals surface area contributed by atoms with Crippen molar-refractivity contribution >= 4 is 5.78 Å². The van der Waals surface area contributed by atoms with E-state index < -0.39 is 0 Å². The zero-order valence-corrected chi connectivity index (χ0v) is 12.1. The summed E-state index contributed by atoms with van der Waals surface area (Å²) >= 11 is 0. The van der Waals surface area contributed by atoms with Crippen LogP contribution in [0.1, 0.15) is 30.1 Å². The molecule has 1 aliphatic carbocycles. The van der Waals surface area contributed by atoms with Gasteiger partial charge in [0, 0.05) is 13.7 Å². The van der Waals surface area contributed by atoms with E-state index in [0.29, 0.717) is 37.1 Å². The molecule has 1 saturated carbocycles. The molecule has 0 amide bonds. The normalized spacial score (nSPS) is 15.9. The molecule has 0 aliphatic heterocycles. The van der Waals surface area contributed by atoms with E-state index in [2.05, 4.69) is 0 Å². The first-order valence-corrected chi connectivity index (χ1v) is 7.14. The van der Waals surface area contributed by atoms with Gasteiger partial charge in [-0.2, -0.15) is 0 Å². The highest BCUT2D eigenvalue weighted by molar-refractivity contribution is 6.02. The van der Waals surface area contributed by atoms with Gasteiger partial charge in [0.1, 0.15) is 18.5 Å². The Labute approximate surface area is 120 Å². The average molecular weight is 278 g/mol. The predicted molar refractivity (Wildman–Crippen MR) is 76.3 cm³/mol. The van der Waals surface area contributed by atoms with Crippen LogP contribution in [0.2, 0.25) is 0 Å². The lowest BCUT2D eigenvalue weighted by Gasteiger charge is -2.17. The van der Waals surface area contributed by atoms with Crippen LogP contribution in [0.4, 0.5) is 0 Å². The number of ether oxygens (including phenoxy) is 3. The first kappa shape index (κ1) is 15.0. The van der Waals surface area contributed by atoms with Crippen molar-refractivity contribution in [3.05, 3.63) is 29.8 Å². The summed E-state index contributed by atoms with van der Waals surface area (Å²) in [6.45, 7) is 3.41. The molecule has 0 saturated heterocycles. The molecule has 0 radical (unpaired) electrons. The van der Waals surface area contributed by atoms with Gasteiger partial charge >= 0.3 is 0 Å². The Kier molecular flexibility index (Phi) is 5.56. The lowest BCUT2D eigenvalue weighted by atomic mass is 10.0. The summed E-state index contributed by atoms with van der Waals surface area (Å²) in [5.74, 6) is 1.01. The average Bonchev–Trinajstić information content (AvgIpc) is 3.29. The smallest absolute Gasteiger partial charge is 0.195 e. The highest BCUT2D eigenvalue weighted by Crippen LogP contribution is 2.37. The van der Waals surface area contributed by atoms with E-state index in [9.17, 15) is 4.79 Å². The van der Waals surface area contributed by atoms with Gasteiger partial charge in [-0.05, 0) is 37.8 Å². The van der Waals surface area contributed by atoms with E-state index in [1.54, 1.807) is 13.2 Å². The molecule has 0 bridgehead atoms. The topological polar surface area (TPSA) is 44.8 Å². The largest absolute Gasteiger partial charge is 0.490 e. The minimum atomic E-state index is -0.327. The van der Waals surface area contributed by atoms with Crippen molar-refractivity contribution in [3.8, 4) is 5.75 Å². The maximum atomic E-state index is 12.6. The molecule has 0 N–H and O–H groups in total. The molecule has 1 aromatic rings. The molecule has 1 atom stereocenters. The van der Waals surface area contributed by atoms with E-state index >= 15 is 0 Å². The van der Waals surface area contributed by atoms with Crippen molar-refractivity contribution in [1.29, 1.82) is 0 Å². The first-order chi connectivity index (χ1) is 9.77. The summed E-state index contributed by atoms with van der Waals surface area (Å²) in [6, 6.07) is 7.34. The van der Waals surface area contributed by atoms with Crippen molar-refractivity contribution in [3.63, 3.8) is 0 Å². The van der Waals surface area contributed by atoms with Crippen LogP contribution >= 0.6 is 0 Å². The van der Waals surface area contributed by atoms with E-state index in [-0.39, 0.29) is 11.9 Å². The van der Waals surface area contributed by atoms with E-state index in [4.69, 9.17) is 14.2 Å². The number of carbonyl (C=O) groups is 1. The van der Waals surface area contributed by atoms with Crippen molar-refractivity contribution in [2.75, 3.05) is 26.9 Å². The standard InChI is InChI=1S/C16H22O4/c1-3-19-16(12-8-9-12)15(17)13-6-4-5-7-14(13)20-11-10-18-2/h4-7,12,16H,3,8-11H2,1-2H3. The maximum Gasteiger partial charge on any atom is 0.195 e. The first-order valence-electron chi connectivity index (χ1n) is 7.14. The van der Waals surface area contributed by atoms with Gasteiger partial charge < -0.3 is 14.2 Å². The van der Waals surface area contributed by atoms with Crippen molar-refractivity contribution in [1.82, 2.24) is 0 Å². The third-order valence-electron chi connectivity index (χ3n) is 3.35. The van der Waals surface area contributed by atoms with Crippen LogP contribution in [-0.4, -0.2) is 38.8 Å². The van der Waals surface area contributed by atoms with Crippen LogP contribution in [0.25, 0.3) is 0 Å². The van der Waals surface area contributed by atoms with Gasteiger partial charge in [-0.1, -0.05) is 12.1 Å². The highest BCUT2D eigenvalue weighted by atomic mass is 16.5. The molecule has 0 heterocycles. The number of para-hydroxylation sites is 1. The summed E-state index contributed by atoms with van der Waals surface area (Å²) in [6.07, 6.45) is 1.82. The van der Waals surface area contributed by atoms with Crippen molar-refractivity contribution in [2.45, 2.75) is 25.9 Å². The van der Waals surface area contributed by atoms with E-state index in [1.807, 2.05) is 25.1 Å². The second-order valence-electron chi connectivity index (χ2n) is 4.92. The fourth-order valence-corrected chi connectivity index (χ4v) is 2.19. The second kappa shape index (κ2) is 7.41. The number of carbonyl (C=O) groups excluding carboxylic acids is 1. The SMILES string of the molecule is CCOC(C(=O)c1ccccc1OCCOC)C1CC1. The maximum absolute atomic E-state index is 12.6. The number of hydrogen-bond donors (Lipinski definition) is 0. The number of rotatable bonds is 9. The molecule has 20 heavy (non-hydrogen) atoms. The zero-order valence-electron chi connectivity index (χ0n) is 12.1. The Morgan fingerprint density at radius 2 is 2.05 bits per heavy atom. The summed E-state index contributed by atoms with van der Waals surface area (Å²) in [7, 11) is 1.62. The van der Waals surface area contributed by atoms with Gasteiger partial charge in [-0.3, -0.25) is 4.79 Å². The van der Waals surface area contributed by atoms with Crippen LogP contribution in [-0.2, 0) is 9.47 Å². The fraction of sp³-hybridized carbons (Fsp3) is 0.562. The summed E-state index contributed by atoms with van der Waals surface area (Å²) < 4.78 is 16.2. The van der Waals surface area contributed by atoms with Crippen LogP contribution in [0.3, 0.4) is 0 Å².